The van der Waals surface area contributed by atoms with Crippen LogP contribution in [0.4, 0.5) is 5.69 Å². The largest absolute Gasteiger partial charge is 0.377 e. The van der Waals surface area contributed by atoms with Crippen molar-refractivity contribution in [1.82, 2.24) is 19.8 Å². The van der Waals surface area contributed by atoms with E-state index >= 15 is 0 Å². The van der Waals surface area contributed by atoms with Crippen LogP contribution in [-0.2, 0) is 13.6 Å². The Balaban J connectivity index is 1.85. The van der Waals surface area contributed by atoms with Gasteiger partial charge in [-0.2, -0.15) is 0 Å². The van der Waals surface area contributed by atoms with Crippen LogP contribution in [0.5, 0.6) is 0 Å². The van der Waals surface area contributed by atoms with Crippen molar-refractivity contribution < 1.29 is 0 Å². The minimum Gasteiger partial charge on any atom is -0.377 e. The summed E-state index contributed by atoms with van der Waals surface area (Å²) >= 11 is 0. The summed E-state index contributed by atoms with van der Waals surface area (Å²) in [4.78, 5) is 9.28. The maximum atomic E-state index is 4.56. The third kappa shape index (κ3) is 3.00. The van der Waals surface area contributed by atoms with Gasteiger partial charge in [-0.1, -0.05) is 18.2 Å². The molecule has 0 saturated carbocycles. The first-order valence-corrected chi connectivity index (χ1v) is 7.84. The van der Waals surface area contributed by atoms with Gasteiger partial charge in [0.2, 0.25) is 0 Å². The third-order valence-corrected chi connectivity index (χ3v) is 4.36. The molecule has 3 rings (SSSR count). The first-order chi connectivity index (χ1) is 10.7. The first kappa shape index (κ1) is 15.1. The van der Waals surface area contributed by atoms with Gasteiger partial charge in [0.1, 0.15) is 5.82 Å². The second-order valence-electron chi connectivity index (χ2n) is 6.11. The van der Waals surface area contributed by atoms with E-state index in [0.29, 0.717) is 6.04 Å². The molecular weight excluding hydrogens is 274 g/mol. The number of aromatic nitrogens is 2. The number of piperazine rings is 1. The molecule has 2 heterocycles. The molecule has 1 aromatic heterocycles. The average molecular weight is 299 g/mol. The Morgan fingerprint density at radius 1 is 1.32 bits per heavy atom. The number of rotatable bonds is 4. The normalized spacial score (nSPS) is 19.3. The first-order valence-electron chi connectivity index (χ1n) is 7.84. The quantitative estimate of drug-likeness (QED) is 0.931. The van der Waals surface area contributed by atoms with Gasteiger partial charge in [-0.15, -0.1) is 0 Å². The lowest BCUT2D eigenvalue weighted by molar-refractivity contribution is 0.145. The van der Waals surface area contributed by atoms with E-state index in [9.17, 15) is 0 Å². The molecule has 1 unspecified atom stereocenters. The van der Waals surface area contributed by atoms with Crippen molar-refractivity contribution >= 4 is 5.69 Å². The van der Waals surface area contributed by atoms with Crippen LogP contribution in [0.1, 0.15) is 17.4 Å². The zero-order chi connectivity index (χ0) is 15.5. The van der Waals surface area contributed by atoms with Crippen molar-refractivity contribution in [2.45, 2.75) is 12.6 Å². The van der Waals surface area contributed by atoms with Crippen LogP contribution in [0.2, 0.25) is 0 Å². The molecule has 1 atom stereocenters. The molecule has 5 heteroatoms. The molecule has 5 nitrogen and oxygen atoms in total. The SMILES string of the molecule is CN(C)c1ccccc1CN1CCNCC1c1nccn1C. The number of hydrogen-bond acceptors (Lipinski definition) is 4. The van der Waals surface area contributed by atoms with Crippen LogP contribution in [0, 0.1) is 0 Å². The molecule has 0 aliphatic carbocycles. The van der Waals surface area contributed by atoms with E-state index in [0.717, 1.165) is 32.0 Å². The number of nitrogens with one attached hydrogen (secondary N) is 1. The van der Waals surface area contributed by atoms with Crippen molar-refractivity contribution in [2.24, 2.45) is 7.05 Å². The Hall–Kier alpha value is -1.85. The molecule has 1 N–H and O–H groups in total. The van der Waals surface area contributed by atoms with Crippen LogP contribution in [-0.4, -0.2) is 48.2 Å². The van der Waals surface area contributed by atoms with Crippen molar-refractivity contribution in [2.75, 3.05) is 38.6 Å². The zero-order valence-corrected chi connectivity index (χ0v) is 13.7. The highest BCUT2D eigenvalue weighted by Gasteiger charge is 2.27. The Kier molecular flexibility index (Phi) is 4.45. The second kappa shape index (κ2) is 6.50. The summed E-state index contributed by atoms with van der Waals surface area (Å²) in [5.41, 5.74) is 2.66. The second-order valence-corrected chi connectivity index (χ2v) is 6.11. The molecule has 118 valence electrons. The topological polar surface area (TPSA) is 36.3 Å². The monoisotopic (exact) mass is 299 g/mol. The summed E-state index contributed by atoms with van der Waals surface area (Å²) < 4.78 is 2.13. The summed E-state index contributed by atoms with van der Waals surface area (Å²) in [6, 6.07) is 8.97. The van der Waals surface area contributed by atoms with E-state index < -0.39 is 0 Å². The van der Waals surface area contributed by atoms with E-state index in [1.54, 1.807) is 0 Å². The Morgan fingerprint density at radius 2 is 2.14 bits per heavy atom. The Labute approximate surface area is 132 Å². The number of para-hydroxylation sites is 1. The van der Waals surface area contributed by atoms with Gasteiger partial charge in [0.25, 0.3) is 0 Å². The summed E-state index contributed by atoms with van der Waals surface area (Å²) in [7, 11) is 6.28. The number of imidazole rings is 1. The van der Waals surface area contributed by atoms with E-state index in [1.165, 1.54) is 11.3 Å². The van der Waals surface area contributed by atoms with Crippen LogP contribution in [0.3, 0.4) is 0 Å². The number of aryl methyl sites for hydroxylation is 1. The highest BCUT2D eigenvalue weighted by molar-refractivity contribution is 5.52. The van der Waals surface area contributed by atoms with Crippen molar-refractivity contribution in [3.8, 4) is 0 Å². The summed E-state index contributed by atoms with van der Waals surface area (Å²) in [6.07, 6.45) is 3.91. The van der Waals surface area contributed by atoms with Crippen LogP contribution in [0.25, 0.3) is 0 Å². The highest BCUT2D eigenvalue weighted by Crippen LogP contribution is 2.26. The predicted molar refractivity (Wildman–Crippen MR) is 90.0 cm³/mol. The zero-order valence-electron chi connectivity index (χ0n) is 13.7. The molecule has 0 amide bonds. The Morgan fingerprint density at radius 3 is 2.86 bits per heavy atom. The number of anilines is 1. The van der Waals surface area contributed by atoms with Crippen LogP contribution in [0.15, 0.2) is 36.7 Å². The number of benzene rings is 1. The maximum Gasteiger partial charge on any atom is 0.127 e. The minimum atomic E-state index is 0.323. The smallest absolute Gasteiger partial charge is 0.127 e. The predicted octanol–water partition coefficient (Wildman–Crippen LogP) is 1.63. The average Bonchev–Trinajstić information content (AvgIpc) is 2.94. The van der Waals surface area contributed by atoms with Gasteiger partial charge >= 0.3 is 0 Å². The fourth-order valence-electron chi connectivity index (χ4n) is 3.19. The lowest BCUT2D eigenvalue weighted by Gasteiger charge is -2.36. The van der Waals surface area contributed by atoms with Crippen molar-refractivity contribution in [3.05, 3.63) is 48.0 Å². The molecule has 1 fully saturated rings. The molecule has 1 aromatic carbocycles. The third-order valence-electron chi connectivity index (χ3n) is 4.36. The van der Waals surface area contributed by atoms with Crippen molar-refractivity contribution in [1.29, 1.82) is 0 Å². The number of hydrogen-bond donors (Lipinski definition) is 1. The van der Waals surface area contributed by atoms with Gasteiger partial charge < -0.3 is 14.8 Å². The molecule has 0 bridgehead atoms. The Bertz CT molecular complexity index is 619. The molecule has 22 heavy (non-hydrogen) atoms. The van der Waals surface area contributed by atoms with Crippen LogP contribution >= 0.6 is 0 Å². The number of nitrogens with zero attached hydrogens (tertiary/aromatic N) is 4. The summed E-state index contributed by atoms with van der Waals surface area (Å²) in [5, 5.41) is 3.50. The van der Waals surface area contributed by atoms with Crippen LogP contribution < -0.4 is 10.2 Å². The van der Waals surface area contributed by atoms with E-state index in [4.69, 9.17) is 0 Å². The van der Waals surface area contributed by atoms with Gasteiger partial charge in [-0.25, -0.2) is 4.98 Å². The van der Waals surface area contributed by atoms with Gasteiger partial charge in [0, 0.05) is 65.4 Å². The highest BCUT2D eigenvalue weighted by atomic mass is 15.3. The molecule has 0 spiro atoms. The fraction of sp³-hybridized carbons (Fsp3) is 0.471. The van der Waals surface area contributed by atoms with E-state index in [-0.39, 0.29) is 0 Å². The van der Waals surface area contributed by atoms with Crippen molar-refractivity contribution in [3.63, 3.8) is 0 Å². The summed E-state index contributed by atoms with van der Waals surface area (Å²) in [5.74, 6) is 1.13. The van der Waals surface area contributed by atoms with Gasteiger partial charge in [-0.3, -0.25) is 4.90 Å². The molecule has 1 aliphatic heterocycles. The lowest BCUT2D eigenvalue weighted by atomic mass is 10.1. The van der Waals surface area contributed by atoms with Gasteiger partial charge in [0.15, 0.2) is 0 Å². The summed E-state index contributed by atoms with van der Waals surface area (Å²) in [6.45, 7) is 3.98. The van der Waals surface area contributed by atoms with Gasteiger partial charge in [0.05, 0.1) is 6.04 Å². The molecule has 2 aromatic rings. The standard InChI is InChI=1S/C17H25N5/c1-20(2)15-7-5-4-6-14(15)13-22-11-8-18-12-16(22)17-19-9-10-21(17)3/h4-7,9-10,16,18H,8,11-13H2,1-3H3. The fourth-order valence-corrected chi connectivity index (χ4v) is 3.19. The van der Waals surface area contributed by atoms with E-state index in [1.807, 2.05) is 12.4 Å². The lowest BCUT2D eigenvalue weighted by Crippen LogP contribution is -2.46. The minimum absolute atomic E-state index is 0.323. The molecule has 1 saturated heterocycles. The van der Waals surface area contributed by atoms with E-state index in [2.05, 4.69) is 70.1 Å². The molecule has 1 aliphatic rings. The van der Waals surface area contributed by atoms with Gasteiger partial charge in [-0.05, 0) is 11.6 Å². The molecular formula is C17H25N5. The molecule has 0 radical (unpaired) electrons. The maximum absolute atomic E-state index is 4.56.